The van der Waals surface area contributed by atoms with E-state index in [9.17, 15) is 4.79 Å². The molecule has 1 aliphatic heterocycles. The molecular formula is C14H21N3O. The molecule has 2 rings (SSSR count). The van der Waals surface area contributed by atoms with Gasteiger partial charge in [-0.3, -0.25) is 4.79 Å². The molecule has 98 valence electrons. The molecule has 0 aromatic heterocycles. The number of hydrogen-bond donors (Lipinski definition) is 3. The molecule has 0 saturated carbocycles. The summed E-state index contributed by atoms with van der Waals surface area (Å²) in [7, 11) is 0. The number of hydrogen-bond acceptors (Lipinski definition) is 3. The number of carbonyl (C=O) groups is 1. The van der Waals surface area contributed by atoms with Gasteiger partial charge in [0.2, 0.25) is 0 Å². The van der Waals surface area contributed by atoms with Gasteiger partial charge in [-0.2, -0.15) is 0 Å². The van der Waals surface area contributed by atoms with Gasteiger partial charge in [-0.25, -0.2) is 0 Å². The topological polar surface area (TPSA) is 67.2 Å². The van der Waals surface area contributed by atoms with Gasteiger partial charge in [0, 0.05) is 17.8 Å². The minimum absolute atomic E-state index is 0.346. The Morgan fingerprint density at radius 3 is 2.94 bits per heavy atom. The highest BCUT2D eigenvalue weighted by molar-refractivity contribution is 5.98. The molecule has 1 amide bonds. The quantitative estimate of drug-likeness (QED) is 0.760. The van der Waals surface area contributed by atoms with Crippen LogP contribution in [0, 0.1) is 6.92 Å². The fourth-order valence-corrected chi connectivity index (χ4v) is 2.43. The van der Waals surface area contributed by atoms with Gasteiger partial charge in [0.05, 0.1) is 5.56 Å². The summed E-state index contributed by atoms with van der Waals surface area (Å²) in [5, 5.41) is 6.89. The van der Waals surface area contributed by atoms with Crippen LogP contribution in [-0.4, -0.2) is 24.5 Å². The lowest BCUT2D eigenvalue weighted by Gasteiger charge is -2.32. The molecule has 0 radical (unpaired) electrons. The Labute approximate surface area is 108 Å². The zero-order valence-corrected chi connectivity index (χ0v) is 11.0. The van der Waals surface area contributed by atoms with E-state index in [2.05, 4.69) is 17.6 Å². The molecule has 1 fully saturated rings. The summed E-state index contributed by atoms with van der Waals surface area (Å²) >= 11 is 0. The van der Waals surface area contributed by atoms with Gasteiger partial charge in [0.25, 0.3) is 5.91 Å². The van der Waals surface area contributed by atoms with Crippen LogP contribution < -0.4 is 16.4 Å². The van der Waals surface area contributed by atoms with Crippen LogP contribution in [0.3, 0.4) is 0 Å². The molecule has 2 unspecified atom stereocenters. The third-order valence-corrected chi connectivity index (χ3v) is 3.54. The van der Waals surface area contributed by atoms with Crippen molar-refractivity contribution in [2.75, 3.05) is 11.9 Å². The van der Waals surface area contributed by atoms with Gasteiger partial charge in [0.1, 0.15) is 0 Å². The van der Waals surface area contributed by atoms with Crippen molar-refractivity contribution in [2.24, 2.45) is 5.73 Å². The largest absolute Gasteiger partial charge is 0.380 e. The predicted molar refractivity (Wildman–Crippen MR) is 73.8 cm³/mol. The van der Waals surface area contributed by atoms with Crippen LogP contribution >= 0.6 is 0 Å². The molecule has 1 aliphatic rings. The van der Waals surface area contributed by atoms with E-state index in [1.807, 2.05) is 19.1 Å². The van der Waals surface area contributed by atoms with Crippen LogP contribution in [0.15, 0.2) is 18.2 Å². The Balaban J connectivity index is 2.21. The second-order valence-electron chi connectivity index (χ2n) is 5.05. The van der Waals surface area contributed by atoms with Crippen LogP contribution in [0.5, 0.6) is 0 Å². The van der Waals surface area contributed by atoms with Crippen LogP contribution in [0.2, 0.25) is 0 Å². The number of amides is 1. The fourth-order valence-electron chi connectivity index (χ4n) is 2.43. The first-order valence-corrected chi connectivity index (χ1v) is 6.48. The minimum atomic E-state index is -0.381. The first-order chi connectivity index (χ1) is 8.58. The molecular weight excluding hydrogens is 226 g/mol. The fraction of sp³-hybridized carbons (Fsp3) is 0.500. The average Bonchev–Trinajstić information content (AvgIpc) is 2.32. The zero-order chi connectivity index (χ0) is 13.1. The van der Waals surface area contributed by atoms with Crippen LogP contribution in [0.4, 0.5) is 5.69 Å². The number of nitrogens with two attached hydrogens (primary N) is 1. The van der Waals surface area contributed by atoms with Gasteiger partial charge >= 0.3 is 0 Å². The highest BCUT2D eigenvalue weighted by atomic mass is 16.1. The number of rotatable bonds is 3. The number of benzene rings is 1. The summed E-state index contributed by atoms with van der Waals surface area (Å²) in [6.45, 7) is 5.24. The summed E-state index contributed by atoms with van der Waals surface area (Å²) in [5.41, 5.74) is 7.95. The first kappa shape index (κ1) is 12.9. The maximum Gasteiger partial charge on any atom is 0.250 e. The third kappa shape index (κ3) is 2.82. The lowest BCUT2D eigenvalue weighted by Crippen LogP contribution is -2.46. The van der Waals surface area contributed by atoms with E-state index in [0.717, 1.165) is 30.6 Å². The SMILES string of the molecule is Cc1ccc(C(N)=O)c(NC2CCCNC2C)c1. The highest BCUT2D eigenvalue weighted by Gasteiger charge is 2.21. The second kappa shape index (κ2) is 5.40. The number of primary amides is 1. The number of anilines is 1. The normalized spacial score (nSPS) is 23.7. The van der Waals surface area contributed by atoms with Gasteiger partial charge in [-0.15, -0.1) is 0 Å². The Morgan fingerprint density at radius 2 is 2.28 bits per heavy atom. The van der Waals surface area contributed by atoms with Gasteiger partial charge in [-0.05, 0) is 50.9 Å². The summed E-state index contributed by atoms with van der Waals surface area (Å²) in [6.07, 6.45) is 2.26. The molecule has 0 aliphatic carbocycles. The lowest BCUT2D eigenvalue weighted by molar-refractivity contribution is 0.100. The van der Waals surface area contributed by atoms with Crippen molar-refractivity contribution in [3.63, 3.8) is 0 Å². The predicted octanol–water partition coefficient (Wildman–Crippen LogP) is 1.65. The molecule has 4 nitrogen and oxygen atoms in total. The van der Waals surface area contributed by atoms with E-state index in [-0.39, 0.29) is 5.91 Å². The summed E-state index contributed by atoms with van der Waals surface area (Å²) in [4.78, 5) is 11.4. The Bertz CT molecular complexity index is 445. The van der Waals surface area contributed by atoms with Crippen molar-refractivity contribution < 1.29 is 4.79 Å². The molecule has 1 heterocycles. The Kier molecular flexibility index (Phi) is 3.87. The molecule has 1 aromatic rings. The molecule has 0 bridgehead atoms. The number of nitrogens with one attached hydrogen (secondary N) is 2. The molecule has 4 heteroatoms. The maximum absolute atomic E-state index is 11.4. The van der Waals surface area contributed by atoms with Gasteiger partial charge < -0.3 is 16.4 Å². The Morgan fingerprint density at radius 1 is 1.50 bits per heavy atom. The molecule has 18 heavy (non-hydrogen) atoms. The number of aryl methyl sites for hydroxylation is 1. The van der Waals surface area contributed by atoms with E-state index >= 15 is 0 Å². The van der Waals surface area contributed by atoms with Crippen molar-refractivity contribution >= 4 is 11.6 Å². The van der Waals surface area contributed by atoms with Crippen LogP contribution in [-0.2, 0) is 0 Å². The van der Waals surface area contributed by atoms with E-state index in [4.69, 9.17) is 5.73 Å². The highest BCUT2D eigenvalue weighted by Crippen LogP contribution is 2.21. The van der Waals surface area contributed by atoms with Crippen molar-refractivity contribution in [3.8, 4) is 0 Å². The summed E-state index contributed by atoms with van der Waals surface area (Å²) < 4.78 is 0. The number of carbonyl (C=O) groups excluding carboxylic acids is 1. The Hall–Kier alpha value is -1.55. The first-order valence-electron chi connectivity index (χ1n) is 6.48. The average molecular weight is 247 g/mol. The molecule has 4 N–H and O–H groups in total. The van der Waals surface area contributed by atoms with Gasteiger partial charge in [0.15, 0.2) is 0 Å². The van der Waals surface area contributed by atoms with E-state index < -0.39 is 0 Å². The molecule has 2 atom stereocenters. The van der Waals surface area contributed by atoms with Crippen molar-refractivity contribution in [1.29, 1.82) is 0 Å². The minimum Gasteiger partial charge on any atom is -0.380 e. The van der Waals surface area contributed by atoms with Crippen LogP contribution in [0.25, 0.3) is 0 Å². The second-order valence-corrected chi connectivity index (χ2v) is 5.05. The maximum atomic E-state index is 11.4. The summed E-state index contributed by atoms with van der Waals surface area (Å²) in [5.74, 6) is -0.381. The lowest BCUT2D eigenvalue weighted by atomic mass is 9.98. The van der Waals surface area contributed by atoms with Crippen LogP contribution in [0.1, 0.15) is 35.7 Å². The van der Waals surface area contributed by atoms with Gasteiger partial charge in [-0.1, -0.05) is 6.07 Å². The van der Waals surface area contributed by atoms with Crippen molar-refractivity contribution in [2.45, 2.75) is 38.8 Å². The molecule has 1 aromatic carbocycles. The summed E-state index contributed by atoms with van der Waals surface area (Å²) in [6, 6.07) is 6.44. The van der Waals surface area contributed by atoms with E-state index in [0.29, 0.717) is 17.6 Å². The van der Waals surface area contributed by atoms with Crippen molar-refractivity contribution in [3.05, 3.63) is 29.3 Å². The van der Waals surface area contributed by atoms with E-state index in [1.165, 1.54) is 0 Å². The zero-order valence-electron chi connectivity index (χ0n) is 11.0. The number of piperidine rings is 1. The molecule has 0 spiro atoms. The molecule has 1 saturated heterocycles. The van der Waals surface area contributed by atoms with E-state index in [1.54, 1.807) is 6.07 Å². The monoisotopic (exact) mass is 247 g/mol. The van der Waals surface area contributed by atoms with Crippen molar-refractivity contribution in [1.82, 2.24) is 5.32 Å². The third-order valence-electron chi connectivity index (χ3n) is 3.54. The standard InChI is InChI=1S/C14H21N3O/c1-9-5-6-11(14(15)18)13(8-9)17-12-4-3-7-16-10(12)2/h5-6,8,10,12,16-17H,3-4,7H2,1-2H3,(H2,15,18). The smallest absolute Gasteiger partial charge is 0.250 e.